The predicted octanol–water partition coefficient (Wildman–Crippen LogP) is 5.78. The summed E-state index contributed by atoms with van der Waals surface area (Å²) in [5, 5.41) is 2.31. The van der Waals surface area contributed by atoms with E-state index in [-0.39, 0.29) is 6.04 Å². The van der Waals surface area contributed by atoms with Crippen LogP contribution in [0.3, 0.4) is 0 Å². The average molecular weight is 405 g/mol. The van der Waals surface area contributed by atoms with E-state index in [1.807, 2.05) is 18.2 Å². The van der Waals surface area contributed by atoms with Gasteiger partial charge in [-0.15, -0.1) is 0 Å². The van der Waals surface area contributed by atoms with Crippen LogP contribution in [0.5, 0.6) is 11.5 Å². The van der Waals surface area contributed by atoms with E-state index in [1.54, 1.807) is 21.3 Å². The van der Waals surface area contributed by atoms with Crippen molar-refractivity contribution in [1.82, 2.24) is 9.55 Å². The lowest BCUT2D eigenvalue weighted by molar-refractivity contribution is 0.155. The number of nitrogens with zero attached hydrogens (tertiary/aromatic N) is 2. The van der Waals surface area contributed by atoms with Crippen LogP contribution in [0.2, 0.25) is 0 Å². The van der Waals surface area contributed by atoms with Gasteiger partial charge in [0.25, 0.3) is 0 Å². The molecule has 0 aliphatic rings. The van der Waals surface area contributed by atoms with Gasteiger partial charge < -0.3 is 18.8 Å². The molecule has 156 valence electrons. The third kappa shape index (κ3) is 3.29. The van der Waals surface area contributed by atoms with Gasteiger partial charge in [-0.05, 0) is 31.5 Å². The number of hydrogen-bond donors (Lipinski definition) is 0. The minimum atomic E-state index is 0.275. The molecule has 4 rings (SSSR count). The highest BCUT2D eigenvalue weighted by Gasteiger charge is 2.19. The first-order valence-electron chi connectivity index (χ1n) is 10.2. The van der Waals surface area contributed by atoms with Gasteiger partial charge in [0.1, 0.15) is 11.5 Å². The predicted molar refractivity (Wildman–Crippen MR) is 122 cm³/mol. The Labute approximate surface area is 177 Å². The minimum absolute atomic E-state index is 0.275. The largest absolute Gasteiger partial charge is 0.497 e. The molecular weight excluding hydrogens is 376 g/mol. The number of methoxy groups -OCH3 is 3. The highest BCUT2D eigenvalue weighted by molar-refractivity contribution is 6.10. The lowest BCUT2D eigenvalue weighted by Crippen LogP contribution is -2.13. The Hall–Kier alpha value is -3.05. The zero-order valence-electron chi connectivity index (χ0n) is 18.2. The van der Waals surface area contributed by atoms with Gasteiger partial charge in [0.15, 0.2) is 0 Å². The number of rotatable bonds is 7. The van der Waals surface area contributed by atoms with E-state index < -0.39 is 0 Å². The van der Waals surface area contributed by atoms with Crippen LogP contribution in [0.1, 0.15) is 25.1 Å². The molecule has 5 heteroatoms. The van der Waals surface area contributed by atoms with E-state index in [9.17, 15) is 0 Å². The molecule has 0 N–H and O–H groups in total. The summed E-state index contributed by atoms with van der Waals surface area (Å²) in [6, 6.07) is 14.7. The lowest BCUT2D eigenvalue weighted by Gasteiger charge is -2.19. The molecule has 30 heavy (non-hydrogen) atoms. The number of benzene rings is 2. The van der Waals surface area contributed by atoms with E-state index >= 15 is 0 Å². The average Bonchev–Trinajstić information content (AvgIpc) is 3.22. The Morgan fingerprint density at radius 2 is 1.80 bits per heavy atom. The topological polar surface area (TPSA) is 45.5 Å². The van der Waals surface area contributed by atoms with Crippen molar-refractivity contribution in [2.45, 2.75) is 26.3 Å². The van der Waals surface area contributed by atoms with Gasteiger partial charge in [-0.2, -0.15) is 0 Å². The number of aryl methyl sites for hydroxylation is 1. The first-order chi connectivity index (χ1) is 14.6. The first-order valence-corrected chi connectivity index (χ1v) is 10.2. The molecule has 0 saturated heterocycles. The molecule has 2 aromatic carbocycles. The van der Waals surface area contributed by atoms with Gasteiger partial charge in [0.05, 0.1) is 37.9 Å². The maximum atomic E-state index is 5.68. The molecule has 0 bridgehead atoms. The van der Waals surface area contributed by atoms with Crippen LogP contribution in [0.15, 0.2) is 48.7 Å². The number of ether oxygens (including phenoxy) is 3. The van der Waals surface area contributed by atoms with E-state index in [4.69, 9.17) is 19.2 Å². The molecule has 0 fully saturated rings. The number of fused-ring (bicyclic) bond motifs is 3. The fourth-order valence-electron chi connectivity index (χ4n) is 4.24. The summed E-state index contributed by atoms with van der Waals surface area (Å²) in [5.41, 5.74) is 5.24. The second-order valence-electron chi connectivity index (χ2n) is 7.47. The van der Waals surface area contributed by atoms with Crippen LogP contribution in [0.4, 0.5) is 0 Å². The van der Waals surface area contributed by atoms with Gasteiger partial charge in [0.2, 0.25) is 0 Å². The standard InChI is InChI=1S/C25H28N2O3/c1-6-17(15-28-3)27-13-12-19-16(2)26-24-21(8-7-9-22(24)25(19)27)20-11-10-18(29-4)14-23(20)30-5/h7-14,17H,6,15H2,1-5H3. The molecule has 0 saturated carbocycles. The molecule has 1 unspecified atom stereocenters. The molecule has 4 aromatic rings. The van der Waals surface area contributed by atoms with Gasteiger partial charge in [-0.3, -0.25) is 4.98 Å². The first kappa shape index (κ1) is 20.2. The van der Waals surface area contributed by atoms with Crippen LogP contribution in [-0.4, -0.2) is 37.5 Å². The minimum Gasteiger partial charge on any atom is -0.497 e. The number of pyridine rings is 1. The fourth-order valence-corrected chi connectivity index (χ4v) is 4.24. The Balaban J connectivity index is 2.02. The second-order valence-corrected chi connectivity index (χ2v) is 7.47. The zero-order valence-corrected chi connectivity index (χ0v) is 18.2. The highest BCUT2D eigenvalue weighted by atomic mass is 16.5. The fraction of sp³-hybridized carbons (Fsp3) is 0.320. The molecule has 0 spiro atoms. The van der Waals surface area contributed by atoms with Crippen molar-refractivity contribution < 1.29 is 14.2 Å². The molecule has 0 aliphatic heterocycles. The third-order valence-electron chi connectivity index (χ3n) is 5.80. The SMILES string of the molecule is CCC(COC)n1ccc2c(C)nc3c(-c4ccc(OC)cc4OC)cccc3c21. The highest BCUT2D eigenvalue weighted by Crippen LogP contribution is 2.39. The van der Waals surface area contributed by atoms with Gasteiger partial charge >= 0.3 is 0 Å². The Bertz CT molecular complexity index is 1200. The third-order valence-corrected chi connectivity index (χ3v) is 5.80. The smallest absolute Gasteiger partial charge is 0.130 e. The van der Waals surface area contributed by atoms with Crippen LogP contribution < -0.4 is 9.47 Å². The van der Waals surface area contributed by atoms with Crippen molar-refractivity contribution in [2.75, 3.05) is 27.9 Å². The Kier molecular flexibility index (Phi) is 5.64. The quantitative estimate of drug-likeness (QED) is 0.392. The van der Waals surface area contributed by atoms with E-state index in [0.29, 0.717) is 6.61 Å². The van der Waals surface area contributed by atoms with Gasteiger partial charge in [0, 0.05) is 47.0 Å². The maximum absolute atomic E-state index is 5.68. The Morgan fingerprint density at radius 1 is 0.967 bits per heavy atom. The number of hydrogen-bond acceptors (Lipinski definition) is 4. The van der Waals surface area contributed by atoms with Crippen LogP contribution in [0.25, 0.3) is 32.9 Å². The van der Waals surface area contributed by atoms with E-state index in [1.165, 1.54) is 10.9 Å². The van der Waals surface area contributed by atoms with Crippen molar-refractivity contribution in [2.24, 2.45) is 0 Å². The summed E-state index contributed by atoms with van der Waals surface area (Å²) in [4.78, 5) is 5.01. The lowest BCUT2D eigenvalue weighted by atomic mass is 9.99. The number of aromatic nitrogens is 2. The summed E-state index contributed by atoms with van der Waals surface area (Å²) >= 11 is 0. The van der Waals surface area contributed by atoms with E-state index in [2.05, 4.69) is 48.9 Å². The molecule has 0 amide bonds. The van der Waals surface area contributed by atoms with Gasteiger partial charge in [-0.25, -0.2) is 0 Å². The van der Waals surface area contributed by atoms with Crippen molar-refractivity contribution in [1.29, 1.82) is 0 Å². The summed E-state index contributed by atoms with van der Waals surface area (Å²) in [6.07, 6.45) is 3.15. The normalized spacial score (nSPS) is 12.4. The van der Waals surface area contributed by atoms with Crippen molar-refractivity contribution in [3.8, 4) is 22.6 Å². The second kappa shape index (κ2) is 8.36. The molecule has 0 radical (unpaired) electrons. The summed E-state index contributed by atoms with van der Waals surface area (Å²) in [5.74, 6) is 1.53. The molecule has 2 aromatic heterocycles. The summed E-state index contributed by atoms with van der Waals surface area (Å²) in [7, 11) is 5.10. The zero-order chi connectivity index (χ0) is 21.3. The molecule has 0 aliphatic carbocycles. The molecule has 2 heterocycles. The summed E-state index contributed by atoms with van der Waals surface area (Å²) in [6.45, 7) is 4.94. The monoisotopic (exact) mass is 404 g/mol. The van der Waals surface area contributed by atoms with Crippen molar-refractivity contribution >= 4 is 21.8 Å². The van der Waals surface area contributed by atoms with Crippen LogP contribution in [0, 0.1) is 6.92 Å². The molecule has 1 atom stereocenters. The van der Waals surface area contributed by atoms with Crippen LogP contribution >= 0.6 is 0 Å². The van der Waals surface area contributed by atoms with Crippen molar-refractivity contribution in [3.63, 3.8) is 0 Å². The van der Waals surface area contributed by atoms with E-state index in [0.717, 1.165) is 45.6 Å². The molecular formula is C25H28N2O3. The van der Waals surface area contributed by atoms with Crippen molar-refractivity contribution in [3.05, 3.63) is 54.4 Å². The maximum Gasteiger partial charge on any atom is 0.130 e. The molecule has 5 nitrogen and oxygen atoms in total. The summed E-state index contributed by atoms with van der Waals surface area (Å²) < 4.78 is 18.9. The van der Waals surface area contributed by atoms with Gasteiger partial charge in [-0.1, -0.05) is 25.1 Å². The number of para-hydroxylation sites is 1. The Morgan fingerprint density at radius 3 is 2.50 bits per heavy atom. The van der Waals surface area contributed by atoms with Crippen LogP contribution in [-0.2, 0) is 4.74 Å².